The van der Waals surface area contributed by atoms with E-state index in [2.05, 4.69) is 0 Å². The van der Waals surface area contributed by atoms with Gasteiger partial charge in [0.25, 0.3) is 0 Å². The molecule has 6 heteroatoms. The molecule has 102 valence electrons. The first-order valence-electron chi connectivity index (χ1n) is 6.54. The fourth-order valence-electron chi connectivity index (χ4n) is 4.40. The molecule has 0 spiro atoms. The van der Waals surface area contributed by atoms with Crippen molar-refractivity contribution in [2.24, 2.45) is 23.7 Å². The second-order valence-corrected chi connectivity index (χ2v) is 7.49. The van der Waals surface area contributed by atoms with E-state index in [1.165, 1.54) is 6.42 Å². The molecule has 0 aromatic rings. The van der Waals surface area contributed by atoms with E-state index in [4.69, 9.17) is 4.74 Å². The van der Waals surface area contributed by atoms with Crippen LogP contribution >= 0.6 is 0 Å². The van der Waals surface area contributed by atoms with E-state index in [1.807, 2.05) is 0 Å². The SMILES string of the molecule is O=C(CS(=O)(=O)[O-])OC1C2CC3CC(C2)CC1C3. The normalized spacial score (nSPS) is 41.9. The lowest BCUT2D eigenvalue weighted by Gasteiger charge is -2.53. The van der Waals surface area contributed by atoms with Crippen LogP contribution in [0.15, 0.2) is 0 Å². The molecule has 0 saturated heterocycles. The molecule has 0 unspecified atom stereocenters. The van der Waals surface area contributed by atoms with Crippen LogP contribution in [0.4, 0.5) is 0 Å². The summed E-state index contributed by atoms with van der Waals surface area (Å²) in [5.74, 6) is 0.411. The predicted molar refractivity (Wildman–Crippen MR) is 61.5 cm³/mol. The lowest BCUT2D eigenvalue weighted by molar-refractivity contribution is -0.167. The highest BCUT2D eigenvalue weighted by molar-refractivity contribution is 7.86. The van der Waals surface area contributed by atoms with Gasteiger partial charge < -0.3 is 9.29 Å². The third-order valence-electron chi connectivity index (χ3n) is 4.70. The third-order valence-corrected chi connectivity index (χ3v) is 5.29. The number of rotatable bonds is 3. The van der Waals surface area contributed by atoms with Gasteiger partial charge >= 0.3 is 5.97 Å². The van der Waals surface area contributed by atoms with Gasteiger partial charge in [0.15, 0.2) is 0 Å². The van der Waals surface area contributed by atoms with Crippen molar-refractivity contribution >= 4 is 16.1 Å². The summed E-state index contributed by atoms with van der Waals surface area (Å²) in [7, 11) is -4.52. The van der Waals surface area contributed by atoms with Crippen molar-refractivity contribution in [1.29, 1.82) is 0 Å². The standard InChI is InChI=1S/C12H18O5S/c13-11(6-18(14,15)16)17-12-9-2-7-1-8(4-9)5-10(12)3-7/h7-10,12H,1-6H2,(H,14,15,16)/p-1. The maximum Gasteiger partial charge on any atom is 0.320 e. The number of carbonyl (C=O) groups is 1. The summed E-state index contributed by atoms with van der Waals surface area (Å²) in [5.41, 5.74) is 0. The molecule has 5 nitrogen and oxygen atoms in total. The Balaban J connectivity index is 1.65. The maximum absolute atomic E-state index is 11.4. The molecule has 0 atom stereocenters. The van der Waals surface area contributed by atoms with Crippen molar-refractivity contribution in [2.75, 3.05) is 5.75 Å². The molecule has 0 aliphatic heterocycles. The summed E-state index contributed by atoms with van der Waals surface area (Å²) < 4.78 is 36.9. The van der Waals surface area contributed by atoms with Crippen molar-refractivity contribution in [3.8, 4) is 0 Å². The van der Waals surface area contributed by atoms with E-state index < -0.39 is 21.8 Å². The minimum Gasteiger partial charge on any atom is -0.748 e. The van der Waals surface area contributed by atoms with Gasteiger partial charge in [0, 0.05) is 0 Å². The fraction of sp³-hybridized carbons (Fsp3) is 0.917. The molecule has 4 fully saturated rings. The van der Waals surface area contributed by atoms with Gasteiger partial charge in [-0.1, -0.05) is 0 Å². The van der Waals surface area contributed by atoms with Crippen LogP contribution in [0, 0.1) is 23.7 Å². The number of carbonyl (C=O) groups excluding carboxylic acids is 1. The van der Waals surface area contributed by atoms with Crippen molar-refractivity contribution in [3.63, 3.8) is 0 Å². The second kappa shape index (κ2) is 4.20. The molecule has 4 bridgehead atoms. The summed E-state index contributed by atoms with van der Waals surface area (Å²) in [6.07, 6.45) is 5.53. The van der Waals surface area contributed by atoms with Crippen LogP contribution in [-0.4, -0.2) is 30.8 Å². The van der Waals surface area contributed by atoms with E-state index in [-0.39, 0.29) is 6.10 Å². The average molecular weight is 273 g/mol. The fourth-order valence-corrected chi connectivity index (χ4v) is 4.75. The molecule has 4 saturated carbocycles. The molecule has 4 rings (SSSR count). The largest absolute Gasteiger partial charge is 0.748 e. The summed E-state index contributed by atoms with van der Waals surface area (Å²) in [6.45, 7) is 0. The molecule has 4 aliphatic rings. The van der Waals surface area contributed by atoms with E-state index >= 15 is 0 Å². The predicted octanol–water partition coefficient (Wildman–Crippen LogP) is 0.899. The highest BCUT2D eigenvalue weighted by Gasteiger charge is 2.49. The number of hydrogen-bond donors (Lipinski definition) is 0. The van der Waals surface area contributed by atoms with E-state index in [0.29, 0.717) is 11.8 Å². The Kier molecular flexibility index (Phi) is 2.90. The molecule has 0 aromatic carbocycles. The third kappa shape index (κ3) is 2.40. The first-order chi connectivity index (χ1) is 8.40. The lowest BCUT2D eigenvalue weighted by atomic mass is 9.55. The van der Waals surface area contributed by atoms with Crippen LogP contribution in [0.3, 0.4) is 0 Å². The monoisotopic (exact) mass is 273 g/mol. The van der Waals surface area contributed by atoms with Gasteiger partial charge in [-0.05, 0) is 55.8 Å². The lowest BCUT2D eigenvalue weighted by Crippen LogP contribution is -2.50. The minimum absolute atomic E-state index is 0.146. The topological polar surface area (TPSA) is 83.5 Å². The van der Waals surface area contributed by atoms with Crippen LogP contribution in [0.1, 0.15) is 32.1 Å². The summed E-state index contributed by atoms with van der Waals surface area (Å²) in [4.78, 5) is 11.4. The van der Waals surface area contributed by atoms with Crippen molar-refractivity contribution < 1.29 is 22.5 Å². The molecule has 0 radical (unpaired) electrons. The highest BCUT2D eigenvalue weighted by atomic mass is 32.2. The van der Waals surface area contributed by atoms with Gasteiger partial charge in [-0.2, -0.15) is 0 Å². The maximum atomic E-state index is 11.4. The Hall–Kier alpha value is -0.620. The molecule has 0 aromatic heterocycles. The molecule has 0 amide bonds. The van der Waals surface area contributed by atoms with Crippen molar-refractivity contribution in [1.82, 2.24) is 0 Å². The Bertz CT molecular complexity index is 427. The quantitative estimate of drug-likeness (QED) is 0.563. The zero-order valence-corrected chi connectivity index (χ0v) is 10.9. The van der Waals surface area contributed by atoms with E-state index in [0.717, 1.165) is 37.5 Å². The van der Waals surface area contributed by atoms with Gasteiger partial charge in [-0.15, -0.1) is 0 Å². The summed E-state index contributed by atoms with van der Waals surface area (Å²) in [6, 6.07) is 0. The van der Waals surface area contributed by atoms with Gasteiger partial charge in [0.2, 0.25) is 0 Å². The van der Waals surface area contributed by atoms with Gasteiger partial charge in [0.1, 0.15) is 22.0 Å². The molecule has 18 heavy (non-hydrogen) atoms. The zero-order valence-electron chi connectivity index (χ0n) is 10.1. The first-order valence-corrected chi connectivity index (χ1v) is 8.11. The number of esters is 1. The van der Waals surface area contributed by atoms with Crippen LogP contribution in [0.25, 0.3) is 0 Å². The average Bonchev–Trinajstić information content (AvgIpc) is 2.19. The molecular formula is C12H17O5S-. The minimum atomic E-state index is -4.52. The Morgan fingerprint density at radius 1 is 1.06 bits per heavy atom. The second-order valence-electron chi connectivity index (χ2n) is 6.09. The van der Waals surface area contributed by atoms with Crippen molar-refractivity contribution in [2.45, 2.75) is 38.2 Å². The molecule has 0 N–H and O–H groups in total. The Morgan fingerprint density at radius 2 is 1.56 bits per heavy atom. The number of ether oxygens (including phenoxy) is 1. The molecule has 0 heterocycles. The van der Waals surface area contributed by atoms with Crippen LogP contribution in [0.5, 0.6) is 0 Å². The van der Waals surface area contributed by atoms with Crippen molar-refractivity contribution in [3.05, 3.63) is 0 Å². The number of hydrogen-bond acceptors (Lipinski definition) is 5. The van der Waals surface area contributed by atoms with Gasteiger partial charge in [0.05, 0.1) is 0 Å². The van der Waals surface area contributed by atoms with Crippen LogP contribution < -0.4 is 0 Å². The Labute approximate surface area is 107 Å². The van der Waals surface area contributed by atoms with Gasteiger partial charge in [-0.3, -0.25) is 4.79 Å². The van der Waals surface area contributed by atoms with E-state index in [9.17, 15) is 17.8 Å². The highest BCUT2D eigenvalue weighted by Crippen LogP contribution is 2.54. The summed E-state index contributed by atoms with van der Waals surface area (Å²) >= 11 is 0. The molecular weight excluding hydrogens is 256 g/mol. The zero-order chi connectivity index (χ0) is 12.9. The first kappa shape index (κ1) is 12.4. The van der Waals surface area contributed by atoms with Crippen LogP contribution in [0.2, 0.25) is 0 Å². The van der Waals surface area contributed by atoms with Gasteiger partial charge in [-0.25, -0.2) is 8.42 Å². The molecule has 4 aliphatic carbocycles. The Morgan fingerprint density at radius 3 is 2.00 bits per heavy atom. The van der Waals surface area contributed by atoms with Crippen LogP contribution in [-0.2, 0) is 19.6 Å². The summed E-state index contributed by atoms with van der Waals surface area (Å²) in [5, 5.41) is 0. The van der Waals surface area contributed by atoms with E-state index in [1.54, 1.807) is 0 Å². The smallest absolute Gasteiger partial charge is 0.320 e.